The maximum absolute atomic E-state index is 13.8. The van der Waals surface area contributed by atoms with E-state index < -0.39 is 0 Å². The van der Waals surface area contributed by atoms with Crippen molar-refractivity contribution in [3.8, 4) is 0 Å². The number of fused-ring (bicyclic) bond motifs is 1. The van der Waals surface area contributed by atoms with Crippen molar-refractivity contribution in [1.82, 2.24) is 9.97 Å². The number of halogens is 1. The molecule has 0 radical (unpaired) electrons. The molecule has 3 aromatic rings. The molecule has 7 heteroatoms. The standard InChI is InChI=1S/C25H26ClN5O/c26-20-11-9-19(10-12-20)16-31-22-23(27-17-28-24(22)30-13-5-2-6-14-30)29-21(25(31)32)15-18-7-3-1-4-8-18/h1,3-4,7-12,17,21H,2,5-6,13-16H2,(H,27,28,29). The van der Waals surface area contributed by atoms with Crippen molar-refractivity contribution in [3.63, 3.8) is 0 Å². The molecule has 6 nitrogen and oxygen atoms in total. The van der Waals surface area contributed by atoms with Gasteiger partial charge in [-0.15, -0.1) is 0 Å². The maximum atomic E-state index is 13.8. The van der Waals surface area contributed by atoms with Crippen LogP contribution in [0.5, 0.6) is 0 Å². The molecule has 1 aromatic heterocycles. The van der Waals surface area contributed by atoms with Gasteiger partial charge < -0.3 is 10.2 Å². The second-order valence-electron chi connectivity index (χ2n) is 8.38. The van der Waals surface area contributed by atoms with Crippen LogP contribution in [-0.2, 0) is 17.8 Å². The number of nitrogens with zero attached hydrogens (tertiary/aromatic N) is 4. The minimum absolute atomic E-state index is 0.0318. The Morgan fingerprint density at radius 1 is 0.938 bits per heavy atom. The highest BCUT2D eigenvalue weighted by atomic mass is 35.5. The summed E-state index contributed by atoms with van der Waals surface area (Å²) in [5, 5.41) is 4.09. The summed E-state index contributed by atoms with van der Waals surface area (Å²) in [4.78, 5) is 27.1. The zero-order valence-electron chi connectivity index (χ0n) is 17.9. The number of rotatable bonds is 5. The first kappa shape index (κ1) is 20.8. The van der Waals surface area contributed by atoms with E-state index in [-0.39, 0.29) is 11.9 Å². The van der Waals surface area contributed by atoms with E-state index in [9.17, 15) is 4.79 Å². The normalized spacial score (nSPS) is 18.3. The van der Waals surface area contributed by atoms with Gasteiger partial charge in [0, 0.05) is 24.5 Å². The van der Waals surface area contributed by atoms with Gasteiger partial charge in [-0.3, -0.25) is 9.69 Å². The van der Waals surface area contributed by atoms with Crippen molar-refractivity contribution in [2.75, 3.05) is 28.2 Å². The number of benzene rings is 2. The molecular weight excluding hydrogens is 422 g/mol. The topological polar surface area (TPSA) is 61.4 Å². The van der Waals surface area contributed by atoms with Crippen molar-refractivity contribution < 1.29 is 4.79 Å². The van der Waals surface area contributed by atoms with Gasteiger partial charge in [0.1, 0.15) is 18.1 Å². The fourth-order valence-corrected chi connectivity index (χ4v) is 4.63. The van der Waals surface area contributed by atoms with Crippen molar-refractivity contribution in [1.29, 1.82) is 0 Å². The molecule has 0 saturated carbocycles. The summed E-state index contributed by atoms with van der Waals surface area (Å²) in [7, 11) is 0. The number of anilines is 3. The molecule has 1 N–H and O–H groups in total. The molecule has 3 heterocycles. The van der Waals surface area contributed by atoms with Crippen LogP contribution in [0.1, 0.15) is 30.4 Å². The molecule has 1 atom stereocenters. The van der Waals surface area contributed by atoms with E-state index in [0.29, 0.717) is 18.0 Å². The van der Waals surface area contributed by atoms with Crippen LogP contribution in [0, 0.1) is 0 Å². The maximum Gasteiger partial charge on any atom is 0.250 e. The van der Waals surface area contributed by atoms with Gasteiger partial charge in [0.05, 0.1) is 6.54 Å². The van der Waals surface area contributed by atoms with Gasteiger partial charge in [0.15, 0.2) is 11.6 Å². The third-order valence-electron chi connectivity index (χ3n) is 6.14. The average Bonchev–Trinajstić information content (AvgIpc) is 2.84. The number of hydrogen-bond acceptors (Lipinski definition) is 5. The van der Waals surface area contributed by atoms with E-state index in [0.717, 1.165) is 54.4 Å². The molecular formula is C25H26ClN5O. The number of carbonyl (C=O) groups excluding carboxylic acids is 1. The van der Waals surface area contributed by atoms with Crippen LogP contribution in [0.2, 0.25) is 5.02 Å². The molecule has 2 aromatic carbocycles. The Morgan fingerprint density at radius 3 is 2.44 bits per heavy atom. The summed E-state index contributed by atoms with van der Waals surface area (Å²) in [6.45, 7) is 2.34. The van der Waals surface area contributed by atoms with E-state index in [1.165, 1.54) is 6.42 Å². The Balaban J connectivity index is 1.53. The number of carbonyl (C=O) groups is 1. The van der Waals surface area contributed by atoms with Gasteiger partial charge in [-0.05, 0) is 42.5 Å². The predicted octanol–water partition coefficient (Wildman–Crippen LogP) is 4.69. The lowest BCUT2D eigenvalue weighted by Gasteiger charge is -2.38. The second kappa shape index (κ2) is 9.17. The smallest absolute Gasteiger partial charge is 0.250 e. The first-order chi connectivity index (χ1) is 15.7. The van der Waals surface area contributed by atoms with Gasteiger partial charge in [0.2, 0.25) is 5.91 Å². The number of amides is 1. The molecule has 5 rings (SSSR count). The average molecular weight is 448 g/mol. The van der Waals surface area contributed by atoms with E-state index >= 15 is 0 Å². The lowest BCUT2D eigenvalue weighted by atomic mass is 10.0. The van der Waals surface area contributed by atoms with Gasteiger partial charge in [0.25, 0.3) is 0 Å². The van der Waals surface area contributed by atoms with Crippen LogP contribution in [-0.4, -0.2) is 35.0 Å². The Hall–Kier alpha value is -3.12. The monoisotopic (exact) mass is 447 g/mol. The quantitative estimate of drug-likeness (QED) is 0.614. The summed E-state index contributed by atoms with van der Waals surface area (Å²) >= 11 is 6.09. The molecule has 164 valence electrons. The van der Waals surface area contributed by atoms with Crippen LogP contribution in [0.15, 0.2) is 60.9 Å². The molecule has 2 aliphatic heterocycles. The van der Waals surface area contributed by atoms with Crippen molar-refractivity contribution >= 4 is 34.8 Å². The lowest BCUT2D eigenvalue weighted by Crippen LogP contribution is -2.49. The zero-order valence-corrected chi connectivity index (χ0v) is 18.6. The zero-order chi connectivity index (χ0) is 21.9. The minimum Gasteiger partial charge on any atom is -0.356 e. The van der Waals surface area contributed by atoms with E-state index in [1.807, 2.05) is 59.5 Å². The number of piperidine rings is 1. The Bertz CT molecular complexity index is 1080. The highest BCUT2D eigenvalue weighted by molar-refractivity contribution is 6.30. The predicted molar refractivity (Wildman–Crippen MR) is 128 cm³/mol. The Morgan fingerprint density at radius 2 is 1.69 bits per heavy atom. The van der Waals surface area contributed by atoms with E-state index in [4.69, 9.17) is 11.6 Å². The molecule has 0 bridgehead atoms. The van der Waals surface area contributed by atoms with Crippen molar-refractivity contribution in [2.24, 2.45) is 0 Å². The third kappa shape index (κ3) is 4.28. The van der Waals surface area contributed by atoms with Crippen molar-refractivity contribution in [2.45, 2.75) is 38.3 Å². The van der Waals surface area contributed by atoms with Gasteiger partial charge >= 0.3 is 0 Å². The summed E-state index contributed by atoms with van der Waals surface area (Å²) < 4.78 is 0. The van der Waals surface area contributed by atoms with Gasteiger partial charge in [-0.2, -0.15) is 0 Å². The molecule has 1 fully saturated rings. The van der Waals surface area contributed by atoms with Crippen molar-refractivity contribution in [3.05, 3.63) is 77.1 Å². The molecule has 32 heavy (non-hydrogen) atoms. The van der Waals surface area contributed by atoms with Crippen LogP contribution < -0.4 is 15.1 Å². The fraction of sp³-hybridized carbons (Fsp3) is 0.320. The molecule has 1 amide bonds. The van der Waals surface area contributed by atoms with Gasteiger partial charge in [-0.1, -0.05) is 54.1 Å². The lowest BCUT2D eigenvalue weighted by molar-refractivity contribution is -0.119. The van der Waals surface area contributed by atoms with E-state index in [1.54, 1.807) is 6.33 Å². The summed E-state index contributed by atoms with van der Waals surface area (Å²) in [6.07, 6.45) is 5.70. The van der Waals surface area contributed by atoms with Crippen LogP contribution >= 0.6 is 11.6 Å². The molecule has 1 saturated heterocycles. The highest BCUT2D eigenvalue weighted by Gasteiger charge is 2.37. The molecule has 2 aliphatic rings. The fourth-order valence-electron chi connectivity index (χ4n) is 4.50. The van der Waals surface area contributed by atoms with Crippen LogP contribution in [0.25, 0.3) is 0 Å². The first-order valence-corrected chi connectivity index (χ1v) is 11.5. The number of hydrogen-bond donors (Lipinski definition) is 1. The largest absolute Gasteiger partial charge is 0.356 e. The first-order valence-electron chi connectivity index (χ1n) is 11.2. The molecule has 0 aliphatic carbocycles. The van der Waals surface area contributed by atoms with Gasteiger partial charge in [-0.25, -0.2) is 9.97 Å². The van der Waals surface area contributed by atoms with Crippen LogP contribution in [0.4, 0.5) is 17.3 Å². The number of aromatic nitrogens is 2. The van der Waals surface area contributed by atoms with Crippen LogP contribution in [0.3, 0.4) is 0 Å². The Labute approximate surface area is 193 Å². The SMILES string of the molecule is O=C1C(Cc2ccccc2)Nc2ncnc(N3CCCCC3)c2N1Cc1ccc(Cl)cc1. The molecule has 1 unspecified atom stereocenters. The summed E-state index contributed by atoms with van der Waals surface area (Å²) in [5.74, 6) is 1.59. The number of nitrogens with one attached hydrogen (secondary N) is 1. The second-order valence-corrected chi connectivity index (χ2v) is 8.82. The summed E-state index contributed by atoms with van der Waals surface area (Å²) in [6, 6.07) is 17.3. The Kier molecular flexibility index (Phi) is 5.95. The highest BCUT2D eigenvalue weighted by Crippen LogP contribution is 2.39. The minimum atomic E-state index is -0.388. The van der Waals surface area contributed by atoms with E-state index in [2.05, 4.69) is 20.2 Å². The molecule has 0 spiro atoms. The summed E-state index contributed by atoms with van der Waals surface area (Å²) in [5.41, 5.74) is 2.90. The third-order valence-corrected chi connectivity index (χ3v) is 6.39.